The fourth-order valence-corrected chi connectivity index (χ4v) is 2.35. The number of carbonyl (C=O) groups excluding carboxylic acids is 2. The summed E-state index contributed by atoms with van der Waals surface area (Å²) in [5, 5.41) is 8.64. The van der Waals surface area contributed by atoms with Crippen LogP contribution in [0.15, 0.2) is 24.3 Å². The summed E-state index contributed by atoms with van der Waals surface area (Å²) in [6.45, 7) is 0.0463. The average molecular weight is 255 g/mol. The van der Waals surface area contributed by atoms with Gasteiger partial charge in [-0.15, -0.1) is 0 Å². The third kappa shape index (κ3) is 2.02. The van der Waals surface area contributed by atoms with Gasteiger partial charge in [0.05, 0.1) is 24.1 Å². The van der Waals surface area contributed by atoms with E-state index in [-0.39, 0.29) is 30.3 Å². The highest BCUT2D eigenvalue weighted by Crippen LogP contribution is 2.48. The molecule has 1 aliphatic heterocycles. The quantitative estimate of drug-likeness (QED) is 0.632. The van der Waals surface area contributed by atoms with Crippen LogP contribution in [0.25, 0.3) is 0 Å². The third-order valence-electron chi connectivity index (χ3n) is 3.46. The van der Waals surface area contributed by atoms with Gasteiger partial charge in [-0.1, -0.05) is 11.8 Å². The second kappa shape index (κ2) is 4.52. The van der Waals surface area contributed by atoms with Crippen molar-refractivity contribution in [1.82, 2.24) is 0 Å². The Bertz CT molecular complexity index is 574. The maximum atomic E-state index is 11.9. The summed E-state index contributed by atoms with van der Waals surface area (Å²) < 4.78 is 0. The number of nitrogens with zero attached hydrogens (tertiary/aromatic N) is 1. The summed E-state index contributed by atoms with van der Waals surface area (Å²) in [7, 11) is 0. The maximum Gasteiger partial charge on any atom is 0.237 e. The molecule has 1 heterocycles. The minimum atomic E-state index is -0.0749. The Morgan fingerprint density at radius 3 is 2.37 bits per heavy atom. The number of imide groups is 1. The van der Waals surface area contributed by atoms with E-state index in [1.807, 2.05) is 0 Å². The van der Waals surface area contributed by atoms with Crippen molar-refractivity contribution in [3.05, 3.63) is 29.8 Å². The zero-order chi connectivity index (χ0) is 13.4. The number of anilines is 1. The minimum absolute atomic E-state index is 0.0463. The van der Waals surface area contributed by atoms with E-state index in [2.05, 4.69) is 11.8 Å². The molecule has 2 fully saturated rings. The number of hydrogen-bond donors (Lipinski definition) is 1. The summed E-state index contributed by atoms with van der Waals surface area (Å²) >= 11 is 0. The Balaban J connectivity index is 1.78. The Morgan fingerprint density at radius 2 is 1.79 bits per heavy atom. The number of fused-ring (bicyclic) bond motifs is 1. The van der Waals surface area contributed by atoms with Gasteiger partial charge in [-0.05, 0) is 30.7 Å². The molecule has 1 aromatic carbocycles. The van der Waals surface area contributed by atoms with Crippen molar-refractivity contribution in [3.8, 4) is 11.8 Å². The highest BCUT2D eigenvalue weighted by atomic mass is 16.2. The molecule has 2 atom stereocenters. The summed E-state index contributed by atoms with van der Waals surface area (Å²) in [5.41, 5.74) is 1.43. The lowest BCUT2D eigenvalue weighted by molar-refractivity contribution is -0.123. The average Bonchev–Trinajstić information content (AvgIpc) is 3.16. The largest absolute Gasteiger partial charge is 0.395 e. The van der Waals surface area contributed by atoms with Crippen molar-refractivity contribution in [1.29, 1.82) is 0 Å². The van der Waals surface area contributed by atoms with Crippen LogP contribution in [0, 0.1) is 23.7 Å². The number of hydrogen-bond acceptors (Lipinski definition) is 3. The molecule has 1 aromatic rings. The fraction of sp³-hybridized carbons (Fsp3) is 0.333. The van der Waals surface area contributed by atoms with E-state index < -0.39 is 0 Å². The van der Waals surface area contributed by atoms with E-state index in [1.165, 1.54) is 4.90 Å². The van der Waals surface area contributed by atoms with Crippen molar-refractivity contribution in [2.45, 2.75) is 12.8 Å². The Kier molecular flexibility index (Phi) is 2.84. The maximum absolute atomic E-state index is 11.9. The first-order valence-corrected chi connectivity index (χ1v) is 6.30. The molecule has 3 rings (SSSR count). The van der Waals surface area contributed by atoms with Crippen LogP contribution in [-0.2, 0) is 9.59 Å². The monoisotopic (exact) mass is 255 g/mol. The number of amides is 2. The molecule has 0 radical (unpaired) electrons. The predicted octanol–water partition coefficient (Wildman–Crippen LogP) is 0.930. The van der Waals surface area contributed by atoms with Crippen molar-refractivity contribution in [2.75, 3.05) is 11.5 Å². The first-order chi connectivity index (χ1) is 9.22. The molecular formula is C15H13NO3. The summed E-state index contributed by atoms with van der Waals surface area (Å²) in [5.74, 6) is 5.43. The van der Waals surface area contributed by atoms with Crippen LogP contribution in [0.1, 0.15) is 18.4 Å². The van der Waals surface area contributed by atoms with E-state index >= 15 is 0 Å². The minimum Gasteiger partial charge on any atom is -0.395 e. The van der Waals surface area contributed by atoms with Crippen molar-refractivity contribution in [3.63, 3.8) is 0 Å². The van der Waals surface area contributed by atoms with Gasteiger partial charge in [0, 0.05) is 12.0 Å². The second-order valence-electron chi connectivity index (χ2n) is 4.78. The number of rotatable bonds is 2. The molecule has 4 nitrogen and oxygen atoms in total. The van der Waals surface area contributed by atoms with Crippen molar-refractivity contribution in [2.24, 2.45) is 11.8 Å². The van der Waals surface area contributed by atoms with Gasteiger partial charge >= 0.3 is 0 Å². The van der Waals surface area contributed by atoms with E-state index in [9.17, 15) is 9.59 Å². The zero-order valence-electron chi connectivity index (χ0n) is 10.3. The molecule has 0 bridgehead atoms. The van der Waals surface area contributed by atoms with E-state index in [0.29, 0.717) is 12.1 Å². The highest BCUT2D eigenvalue weighted by Gasteiger charge is 2.59. The number of piperidine rings is 1. The van der Waals surface area contributed by atoms with E-state index in [1.54, 1.807) is 24.3 Å². The van der Waals surface area contributed by atoms with Gasteiger partial charge in [0.2, 0.25) is 11.8 Å². The lowest BCUT2D eigenvalue weighted by Crippen LogP contribution is -2.32. The molecule has 2 aliphatic rings. The number of aliphatic hydroxyl groups is 1. The SMILES string of the molecule is O=C1C2CC2C(=O)N1c1ccc(C#CCCO)cc1. The number of benzene rings is 1. The lowest BCUT2D eigenvalue weighted by Gasteiger charge is -2.16. The molecule has 1 saturated carbocycles. The normalized spacial score (nSPS) is 23.9. The Labute approximate surface area is 111 Å². The standard InChI is InChI=1S/C15H13NO3/c17-8-2-1-3-10-4-6-11(7-5-10)16-14(18)12-9-13(12)15(16)19/h4-7,12-13,17H,2,8-9H2. The molecule has 2 unspecified atom stereocenters. The molecular weight excluding hydrogens is 242 g/mol. The zero-order valence-corrected chi connectivity index (χ0v) is 10.3. The number of aliphatic hydroxyl groups excluding tert-OH is 1. The molecule has 0 spiro atoms. The van der Waals surface area contributed by atoms with Crippen molar-refractivity contribution >= 4 is 17.5 Å². The van der Waals surface area contributed by atoms with E-state index in [0.717, 1.165) is 12.0 Å². The van der Waals surface area contributed by atoms with E-state index in [4.69, 9.17) is 5.11 Å². The summed E-state index contributed by atoms with van der Waals surface area (Å²) in [6, 6.07) is 7.04. The Morgan fingerprint density at radius 1 is 1.16 bits per heavy atom. The molecule has 1 N–H and O–H groups in total. The summed E-state index contributed by atoms with van der Waals surface area (Å²) in [6.07, 6.45) is 1.16. The van der Waals surface area contributed by atoms with Crippen LogP contribution >= 0.6 is 0 Å². The van der Waals surface area contributed by atoms with Gasteiger partial charge in [-0.25, -0.2) is 0 Å². The van der Waals surface area contributed by atoms with Crippen LogP contribution < -0.4 is 4.90 Å². The molecule has 2 amide bonds. The predicted molar refractivity (Wildman–Crippen MR) is 69.1 cm³/mol. The second-order valence-corrected chi connectivity index (χ2v) is 4.78. The number of carbonyl (C=O) groups is 2. The molecule has 0 aromatic heterocycles. The van der Waals surface area contributed by atoms with Crippen molar-refractivity contribution < 1.29 is 14.7 Å². The van der Waals surface area contributed by atoms with Gasteiger partial charge in [-0.3, -0.25) is 14.5 Å². The van der Waals surface area contributed by atoms with Gasteiger partial charge in [0.25, 0.3) is 0 Å². The molecule has 19 heavy (non-hydrogen) atoms. The molecule has 1 aliphatic carbocycles. The van der Waals surface area contributed by atoms with Crippen LogP contribution in [0.2, 0.25) is 0 Å². The van der Waals surface area contributed by atoms with Crippen LogP contribution in [0.4, 0.5) is 5.69 Å². The van der Waals surface area contributed by atoms with Crippen LogP contribution in [-0.4, -0.2) is 23.5 Å². The van der Waals surface area contributed by atoms with Crippen LogP contribution in [0.5, 0.6) is 0 Å². The van der Waals surface area contributed by atoms with Gasteiger partial charge in [0.15, 0.2) is 0 Å². The Hall–Kier alpha value is -2.12. The van der Waals surface area contributed by atoms with Gasteiger partial charge in [-0.2, -0.15) is 0 Å². The fourth-order valence-electron chi connectivity index (χ4n) is 2.35. The third-order valence-corrected chi connectivity index (χ3v) is 3.46. The first kappa shape index (κ1) is 11.9. The van der Waals surface area contributed by atoms with Crippen LogP contribution in [0.3, 0.4) is 0 Å². The topological polar surface area (TPSA) is 57.6 Å². The lowest BCUT2D eigenvalue weighted by atomic mass is 10.2. The summed E-state index contributed by atoms with van der Waals surface area (Å²) in [4.78, 5) is 25.1. The molecule has 4 heteroatoms. The molecule has 96 valence electrons. The van der Waals surface area contributed by atoms with Gasteiger partial charge < -0.3 is 5.11 Å². The first-order valence-electron chi connectivity index (χ1n) is 6.30. The van der Waals surface area contributed by atoms with Gasteiger partial charge in [0.1, 0.15) is 0 Å². The smallest absolute Gasteiger partial charge is 0.237 e. The molecule has 1 saturated heterocycles. The highest BCUT2D eigenvalue weighted by molar-refractivity contribution is 6.24.